The third-order valence-corrected chi connectivity index (χ3v) is 21.2. The van der Waals surface area contributed by atoms with Crippen LogP contribution in [0.4, 0.5) is 80.2 Å². The molecule has 0 bridgehead atoms. The number of carbonyl (C=O) groups excluding carboxylic acids is 5. The minimum absolute atomic E-state index is 0.000650. The molecule has 0 radical (unpaired) electrons. The first-order valence-corrected chi connectivity index (χ1v) is 41.5. The number of benzene rings is 4. The number of fused-ring (bicyclic) bond motifs is 4. The van der Waals surface area contributed by atoms with E-state index in [1.54, 1.807) is 69.3 Å². The molecule has 1 amide bonds. The zero-order chi connectivity index (χ0) is 90.7. The lowest BCUT2D eigenvalue weighted by atomic mass is 9.85. The molecule has 4 aliphatic rings. The molecule has 0 unspecified atom stereocenters. The number of aromatic nitrogens is 4. The molecular weight excluding hydrogens is 1620 g/mol. The van der Waals surface area contributed by atoms with Crippen LogP contribution >= 0.6 is 0 Å². The number of ether oxygens (including phenoxy) is 2. The number of nitrogens with one attached hydrogen (secondary N) is 1. The molecule has 672 valence electrons. The second-order valence-corrected chi connectivity index (χ2v) is 34.8. The molecule has 8 atom stereocenters. The molecule has 21 nitrogen and oxygen atoms in total. The predicted octanol–water partition coefficient (Wildman–Crippen LogP) is 18.6. The highest BCUT2D eigenvalue weighted by molar-refractivity contribution is 5.97. The highest BCUT2D eigenvalue weighted by atomic mass is 19.4. The van der Waals surface area contributed by atoms with E-state index < -0.39 is 70.2 Å². The minimum atomic E-state index is -4.48. The zero-order valence-electron chi connectivity index (χ0n) is 71.2. The number of carboxylic acid groups (broad SMARTS) is 1. The van der Waals surface area contributed by atoms with Crippen molar-refractivity contribution < 1.29 is 96.0 Å². The number of amides is 1. The van der Waals surface area contributed by atoms with Gasteiger partial charge in [0.1, 0.15) is 28.6 Å². The standard InChI is InChI=1S/C26H33F3N2O3.2C20H24F3N3O.C16H18F3N3.C8H15NO4/c1-17-13-18(14-19(32)7-5-9-23(33)34-25(2,3)4)16-31(15-17)22-11-10-21(26(27,28)29)24-20(22)8-6-12-30-24;2*1-13-9-14(10-15(27)6-7-24)12-26(11-13)18-5-4-17(20(21,22)23)19-16(18)3-2-8-25-19;1-10-7-11(20)9-22(8-10)14-5-4-13(16(17,18)19)15-12(14)3-2-6-21-15;1-8(2,3)13-7(12)9-5-4-6(10)11/h6,8,10-12,17-18H,5,7,9,13-16H2,1-4H3;2*2-5,8,13-14H,6-7,9-12,24H2,1H3;2-6,10-11H,7-9,20H2,1H3;4-5H2,1-3H3,(H,9,12)(H,10,11)/t17-,18-;2*13-,14-;10-,11+;/m0000./s1. The van der Waals surface area contributed by atoms with Crippen molar-refractivity contribution in [1.82, 2.24) is 25.3 Å². The summed E-state index contributed by atoms with van der Waals surface area (Å²) in [6.07, 6.45) is -6.19. The Hall–Kier alpha value is -10.0. The van der Waals surface area contributed by atoms with Crippen molar-refractivity contribution in [2.75, 3.05) is 91.6 Å². The molecule has 33 heteroatoms. The molecule has 4 fully saturated rings. The van der Waals surface area contributed by atoms with E-state index >= 15 is 0 Å². The Kier molecular flexibility index (Phi) is 34.4. The van der Waals surface area contributed by atoms with Crippen molar-refractivity contribution in [1.29, 1.82) is 0 Å². The van der Waals surface area contributed by atoms with E-state index in [9.17, 15) is 81.5 Å². The van der Waals surface area contributed by atoms with E-state index in [0.29, 0.717) is 142 Å². The van der Waals surface area contributed by atoms with Crippen molar-refractivity contribution >= 4 is 102 Å². The van der Waals surface area contributed by atoms with Crippen LogP contribution in [0.15, 0.2) is 122 Å². The molecular formula is C90H114F12N12O9. The number of aliphatic carboxylic acids is 1. The van der Waals surface area contributed by atoms with Crippen LogP contribution < -0.4 is 42.1 Å². The van der Waals surface area contributed by atoms with E-state index in [-0.39, 0.29) is 88.6 Å². The number of ketones is 3. The summed E-state index contributed by atoms with van der Waals surface area (Å²) in [4.78, 5) is 93.7. The number of hydrogen-bond acceptors (Lipinski definition) is 19. The number of nitrogens with two attached hydrogens (primary N) is 3. The number of pyridine rings is 4. The van der Waals surface area contributed by atoms with E-state index in [1.165, 1.54) is 49.1 Å². The Bertz CT molecular complexity index is 4760. The number of piperidine rings is 4. The Morgan fingerprint density at radius 2 is 0.699 bits per heavy atom. The maximum absolute atomic E-state index is 13.5. The fraction of sp³-hybridized carbons (Fsp3) is 0.533. The van der Waals surface area contributed by atoms with Gasteiger partial charge in [-0.15, -0.1) is 0 Å². The number of anilines is 4. The maximum Gasteiger partial charge on any atom is 0.418 e. The van der Waals surface area contributed by atoms with Crippen LogP contribution in [0.2, 0.25) is 0 Å². The van der Waals surface area contributed by atoms with Crippen LogP contribution in [0.25, 0.3) is 43.6 Å². The fourth-order valence-corrected chi connectivity index (χ4v) is 16.7. The van der Waals surface area contributed by atoms with Crippen LogP contribution in [0.1, 0.15) is 175 Å². The number of rotatable bonds is 21. The summed E-state index contributed by atoms with van der Waals surface area (Å²) in [5, 5.41) is 12.6. The minimum Gasteiger partial charge on any atom is -0.481 e. The number of nitrogens with zero attached hydrogens (tertiary/aromatic N) is 8. The summed E-state index contributed by atoms with van der Waals surface area (Å²) in [6.45, 7) is 25.4. The maximum atomic E-state index is 13.5. The molecule has 0 spiro atoms. The first-order chi connectivity index (χ1) is 57.6. The average Bonchev–Trinajstić information content (AvgIpc) is 0.784. The third kappa shape index (κ3) is 29.6. The molecule has 0 saturated carbocycles. The summed E-state index contributed by atoms with van der Waals surface area (Å²) in [5.41, 5.74) is 15.9. The van der Waals surface area contributed by atoms with E-state index in [4.69, 9.17) is 31.8 Å². The Balaban J connectivity index is 0.000000196. The third-order valence-electron chi connectivity index (χ3n) is 21.2. The highest BCUT2D eigenvalue weighted by Gasteiger charge is 2.40. The number of alkyl halides is 12. The topological polar surface area (TPSA) is 296 Å². The molecule has 8 heterocycles. The summed E-state index contributed by atoms with van der Waals surface area (Å²) in [6, 6.07) is 23.9. The summed E-state index contributed by atoms with van der Waals surface area (Å²) >= 11 is 0. The molecule has 8 aromatic rings. The van der Waals surface area contributed by atoms with Gasteiger partial charge in [-0.1, -0.05) is 27.7 Å². The van der Waals surface area contributed by atoms with Gasteiger partial charge in [0.15, 0.2) is 0 Å². The van der Waals surface area contributed by atoms with Gasteiger partial charge in [-0.2, -0.15) is 52.7 Å². The van der Waals surface area contributed by atoms with Gasteiger partial charge >= 0.3 is 42.7 Å². The number of carboxylic acids is 1. The number of esters is 1. The largest absolute Gasteiger partial charge is 0.481 e. The van der Waals surface area contributed by atoms with Crippen molar-refractivity contribution in [3.8, 4) is 0 Å². The van der Waals surface area contributed by atoms with Crippen molar-refractivity contribution in [3.05, 3.63) is 144 Å². The molecule has 4 aliphatic heterocycles. The SMILES string of the molecule is CC(C)(C)OC(=O)NCCC(=O)O.C[C@H]1C[C@@H](CC(=O)CCCC(=O)OC(C)(C)C)CN(c2ccc(C(F)(F)F)c3ncccc23)C1.C[C@H]1C[C@@H](CC(=O)CCN)CN(c2ccc(C(F)(F)F)c3ncccc23)C1.C[C@H]1C[C@@H](CC(=O)CCN)CN(c2ccc(C(F)(F)F)c3ncccc23)C1.C[C@H]1C[C@@H](N)CN(c2ccc(C(F)(F)F)c3ncccc23)C1. The van der Waals surface area contributed by atoms with Crippen LogP contribution in [-0.2, 0) is 58.2 Å². The van der Waals surface area contributed by atoms with Crippen molar-refractivity contribution in [2.45, 2.75) is 195 Å². The van der Waals surface area contributed by atoms with E-state index in [2.05, 4.69) is 72.5 Å². The molecule has 0 aliphatic carbocycles. The van der Waals surface area contributed by atoms with Crippen molar-refractivity contribution in [2.24, 2.45) is 58.6 Å². The number of hydrogen-bond donors (Lipinski definition) is 5. The number of alkyl carbamates (subject to hydrolysis) is 1. The van der Waals surface area contributed by atoms with Gasteiger partial charge in [0.25, 0.3) is 0 Å². The normalized spacial score (nSPS) is 19.7. The summed E-state index contributed by atoms with van der Waals surface area (Å²) in [5.74, 6) is 1.02. The smallest absolute Gasteiger partial charge is 0.418 e. The van der Waals surface area contributed by atoms with Gasteiger partial charge in [-0.05, 0) is 225 Å². The van der Waals surface area contributed by atoms with Crippen LogP contribution in [0.3, 0.4) is 0 Å². The summed E-state index contributed by atoms with van der Waals surface area (Å²) in [7, 11) is 0. The second kappa shape index (κ2) is 43.1. The fourth-order valence-electron chi connectivity index (χ4n) is 16.7. The number of carbonyl (C=O) groups is 6. The Labute approximate surface area is 709 Å². The summed E-state index contributed by atoms with van der Waals surface area (Å²) < 4.78 is 170. The molecule has 4 saturated heterocycles. The van der Waals surface area contributed by atoms with Crippen molar-refractivity contribution in [3.63, 3.8) is 0 Å². The lowest BCUT2D eigenvalue weighted by Gasteiger charge is -2.38. The number of Topliss-reactive ketones (excluding diaryl/α,β-unsaturated/α-hetero) is 3. The predicted molar refractivity (Wildman–Crippen MR) is 452 cm³/mol. The second-order valence-electron chi connectivity index (χ2n) is 34.8. The van der Waals surface area contributed by atoms with Gasteiger partial charge < -0.3 is 56.7 Å². The van der Waals surface area contributed by atoms with Crippen LogP contribution in [0, 0.1) is 41.4 Å². The first kappa shape index (κ1) is 98.4. The lowest BCUT2D eigenvalue weighted by molar-refractivity contribution is -0.155. The van der Waals surface area contributed by atoms with Gasteiger partial charge in [0.05, 0.1) is 50.7 Å². The first-order valence-electron chi connectivity index (χ1n) is 41.5. The Morgan fingerprint density at radius 1 is 0.407 bits per heavy atom. The molecule has 12 rings (SSSR count). The van der Waals surface area contributed by atoms with Crippen LogP contribution in [-0.4, -0.2) is 150 Å². The lowest BCUT2D eigenvalue weighted by Crippen LogP contribution is -2.46. The van der Waals surface area contributed by atoms with Gasteiger partial charge in [0, 0.05) is 179 Å². The van der Waals surface area contributed by atoms with E-state index in [1.807, 2.05) is 20.8 Å². The van der Waals surface area contributed by atoms with Gasteiger partial charge in [-0.3, -0.25) is 43.9 Å². The quantitative estimate of drug-likeness (QED) is 0.0330. The average molecular weight is 1740 g/mol. The molecule has 4 aromatic heterocycles. The Morgan fingerprint density at radius 3 is 0.976 bits per heavy atom. The zero-order valence-corrected chi connectivity index (χ0v) is 71.2. The van der Waals surface area contributed by atoms with Gasteiger partial charge in [-0.25, -0.2) is 4.79 Å². The molecule has 123 heavy (non-hydrogen) atoms. The monoisotopic (exact) mass is 1730 g/mol. The molecule has 8 N–H and O–H groups in total. The van der Waals surface area contributed by atoms with E-state index in [0.717, 1.165) is 86.6 Å². The number of halogens is 12. The van der Waals surface area contributed by atoms with Gasteiger partial charge in [0.2, 0.25) is 0 Å². The molecule has 4 aromatic carbocycles. The van der Waals surface area contributed by atoms with Crippen LogP contribution in [0.5, 0.6) is 0 Å². The highest BCUT2D eigenvalue weighted by Crippen LogP contribution is 2.45.